The molecule has 3 atom stereocenters. The molecule has 6 rings (SSSR count). The van der Waals surface area contributed by atoms with Crippen LogP contribution in [0, 0.1) is 5.92 Å². The smallest absolute Gasteiger partial charge is 0.234 e. The second-order valence-electron chi connectivity index (χ2n) is 13.9. The first kappa shape index (κ1) is 35.0. The number of likely N-dealkylation sites (tertiary alicyclic amines) is 1. The summed E-state index contributed by atoms with van der Waals surface area (Å²) in [6, 6.07) is 7.51. The number of hydrogen-bond acceptors (Lipinski definition) is 10. The minimum Gasteiger partial charge on any atom is -0.387 e. The number of halogens is 1. The van der Waals surface area contributed by atoms with Gasteiger partial charge in [-0.2, -0.15) is 0 Å². The van der Waals surface area contributed by atoms with Gasteiger partial charge < -0.3 is 35.8 Å². The van der Waals surface area contributed by atoms with Crippen molar-refractivity contribution in [2.24, 2.45) is 5.92 Å². The van der Waals surface area contributed by atoms with Gasteiger partial charge in [0.05, 0.1) is 24.3 Å². The van der Waals surface area contributed by atoms with Crippen LogP contribution >= 0.6 is 11.6 Å². The number of nitrogens with zero attached hydrogens (tertiary/aromatic N) is 6. The molecule has 13 heteroatoms. The molecule has 2 amide bonds. The molecular formula is C35H52ClN9O3. The van der Waals surface area contributed by atoms with Gasteiger partial charge in [0.2, 0.25) is 11.8 Å². The van der Waals surface area contributed by atoms with E-state index in [-0.39, 0.29) is 23.7 Å². The predicted molar refractivity (Wildman–Crippen MR) is 187 cm³/mol. The van der Waals surface area contributed by atoms with Crippen LogP contribution in [0.3, 0.4) is 0 Å². The zero-order chi connectivity index (χ0) is 33.5. The van der Waals surface area contributed by atoms with Crippen LogP contribution in [0.15, 0.2) is 30.6 Å². The van der Waals surface area contributed by atoms with Crippen LogP contribution in [0.25, 0.3) is 0 Å². The van der Waals surface area contributed by atoms with Gasteiger partial charge >= 0.3 is 0 Å². The molecule has 48 heavy (non-hydrogen) atoms. The van der Waals surface area contributed by atoms with Crippen LogP contribution in [-0.2, 0) is 9.59 Å². The number of aromatic nitrogens is 2. The average molecular weight is 682 g/mol. The van der Waals surface area contributed by atoms with E-state index in [0.717, 1.165) is 80.7 Å². The van der Waals surface area contributed by atoms with Gasteiger partial charge in [0, 0.05) is 89.1 Å². The zero-order valence-electron chi connectivity index (χ0n) is 28.2. The maximum Gasteiger partial charge on any atom is 0.234 e. The average Bonchev–Trinajstić information content (AvgIpc) is 3.41. The molecule has 3 fully saturated rings. The fraction of sp³-hybridized carbons (Fsp3) is 0.657. The standard InChI is InChI=1S/C35H52ClN9O3/c1-25-20-30(46)33-32(25)34(41-24-40-33)44-16-18-45(19-17-44)35(48)29(27-2-4-28(36)5-3-27)21-38-8-9-39-31(47)23-42-12-6-26(7-13-42)22-43-14-10-37-11-15-43/h2-5,24-26,29-30,37-38,46H,6-23H2,1H3,(H,39,47)/t25-,29-,30?/m1/s1. The molecule has 1 aromatic heterocycles. The highest BCUT2D eigenvalue weighted by Crippen LogP contribution is 2.42. The van der Waals surface area contributed by atoms with E-state index in [1.165, 1.54) is 12.9 Å². The number of amides is 2. The lowest BCUT2D eigenvalue weighted by atomic mass is 9.96. The van der Waals surface area contributed by atoms with Crippen molar-refractivity contribution in [1.29, 1.82) is 0 Å². The van der Waals surface area contributed by atoms with Gasteiger partial charge in [-0.15, -0.1) is 0 Å². The fourth-order valence-corrected chi connectivity index (χ4v) is 7.86. The summed E-state index contributed by atoms with van der Waals surface area (Å²) in [4.78, 5) is 44.6. The number of carbonyl (C=O) groups excluding carboxylic acids is 2. The number of aliphatic hydroxyl groups excluding tert-OH is 1. The summed E-state index contributed by atoms with van der Waals surface area (Å²) >= 11 is 6.18. The molecule has 4 N–H and O–H groups in total. The number of aliphatic hydroxyl groups is 1. The Morgan fingerprint density at radius 1 is 0.979 bits per heavy atom. The van der Waals surface area contributed by atoms with Crippen molar-refractivity contribution >= 4 is 29.2 Å². The van der Waals surface area contributed by atoms with E-state index in [1.807, 2.05) is 29.2 Å². The molecule has 4 heterocycles. The highest BCUT2D eigenvalue weighted by Gasteiger charge is 2.35. The number of benzene rings is 1. The number of anilines is 1. The van der Waals surface area contributed by atoms with Crippen LogP contribution in [0.4, 0.5) is 5.82 Å². The number of piperazine rings is 2. The van der Waals surface area contributed by atoms with Crippen LogP contribution < -0.4 is 20.9 Å². The summed E-state index contributed by atoms with van der Waals surface area (Å²) < 4.78 is 0. The normalized spacial score (nSPS) is 23.2. The maximum absolute atomic E-state index is 13.9. The van der Waals surface area contributed by atoms with Crippen LogP contribution in [-0.4, -0.2) is 140 Å². The molecule has 0 bridgehead atoms. The predicted octanol–water partition coefficient (Wildman–Crippen LogP) is 1.43. The maximum atomic E-state index is 13.9. The van der Waals surface area contributed by atoms with Gasteiger partial charge in [0.15, 0.2) is 0 Å². The summed E-state index contributed by atoms with van der Waals surface area (Å²) in [6.07, 6.45) is 3.96. The van der Waals surface area contributed by atoms with Gasteiger partial charge in [-0.3, -0.25) is 14.5 Å². The molecular weight excluding hydrogens is 630 g/mol. The number of carbonyl (C=O) groups is 2. The van der Waals surface area contributed by atoms with Crippen LogP contribution in [0.5, 0.6) is 0 Å². The molecule has 0 saturated carbocycles. The molecule has 0 radical (unpaired) electrons. The minimum absolute atomic E-state index is 0.0544. The van der Waals surface area contributed by atoms with E-state index in [1.54, 1.807) is 0 Å². The first-order valence-corrected chi connectivity index (χ1v) is 18.2. The fourth-order valence-electron chi connectivity index (χ4n) is 7.74. The van der Waals surface area contributed by atoms with Gasteiger partial charge in [0.25, 0.3) is 0 Å². The van der Waals surface area contributed by atoms with E-state index in [0.29, 0.717) is 63.8 Å². The number of fused-ring (bicyclic) bond motifs is 1. The molecule has 1 aliphatic carbocycles. The van der Waals surface area contributed by atoms with Crippen molar-refractivity contribution in [3.05, 3.63) is 52.4 Å². The molecule has 0 spiro atoms. The van der Waals surface area contributed by atoms with E-state index in [4.69, 9.17) is 11.6 Å². The van der Waals surface area contributed by atoms with Crippen molar-refractivity contribution < 1.29 is 14.7 Å². The summed E-state index contributed by atoms with van der Waals surface area (Å²) in [7, 11) is 0. The third-order valence-electron chi connectivity index (χ3n) is 10.5. The zero-order valence-corrected chi connectivity index (χ0v) is 29.0. The van der Waals surface area contributed by atoms with E-state index in [9.17, 15) is 14.7 Å². The number of nitrogens with one attached hydrogen (secondary N) is 3. The van der Waals surface area contributed by atoms with Crippen molar-refractivity contribution in [1.82, 2.24) is 40.6 Å². The largest absolute Gasteiger partial charge is 0.387 e. The number of hydrogen-bond donors (Lipinski definition) is 4. The Labute approximate surface area is 289 Å². The van der Waals surface area contributed by atoms with Crippen LogP contribution in [0.2, 0.25) is 5.02 Å². The van der Waals surface area contributed by atoms with Crippen molar-refractivity contribution in [3.63, 3.8) is 0 Å². The minimum atomic E-state index is -0.546. The quantitative estimate of drug-likeness (QED) is 0.244. The lowest BCUT2D eigenvalue weighted by Crippen LogP contribution is -2.51. The SMILES string of the molecule is C[C@@H]1CC(O)c2ncnc(N3CCN(C(=O)[C@H](CNCCNC(=O)CN4CCC(CN5CCNCC5)CC4)c4ccc(Cl)cc4)CC3)c21. The third kappa shape index (κ3) is 8.83. The van der Waals surface area contributed by atoms with Crippen molar-refractivity contribution in [2.45, 2.75) is 44.1 Å². The first-order valence-electron chi connectivity index (χ1n) is 17.8. The highest BCUT2D eigenvalue weighted by atomic mass is 35.5. The third-order valence-corrected chi connectivity index (χ3v) is 10.8. The highest BCUT2D eigenvalue weighted by molar-refractivity contribution is 6.30. The molecule has 2 aromatic rings. The molecule has 4 aliphatic rings. The second kappa shape index (κ2) is 16.7. The Morgan fingerprint density at radius 3 is 2.44 bits per heavy atom. The number of rotatable bonds is 12. The van der Waals surface area contributed by atoms with E-state index < -0.39 is 6.10 Å². The van der Waals surface area contributed by atoms with E-state index >= 15 is 0 Å². The monoisotopic (exact) mass is 681 g/mol. The molecule has 1 aromatic carbocycles. The van der Waals surface area contributed by atoms with Crippen molar-refractivity contribution in [3.8, 4) is 0 Å². The first-order chi connectivity index (χ1) is 23.4. The topological polar surface area (TPSA) is 129 Å². The van der Waals surface area contributed by atoms with Gasteiger partial charge in [0.1, 0.15) is 12.1 Å². The Morgan fingerprint density at radius 2 is 1.71 bits per heavy atom. The van der Waals surface area contributed by atoms with E-state index in [2.05, 4.69) is 47.5 Å². The van der Waals surface area contributed by atoms with Crippen LogP contribution in [0.1, 0.15) is 60.9 Å². The molecule has 262 valence electrons. The molecule has 1 unspecified atom stereocenters. The van der Waals surface area contributed by atoms with Crippen molar-refractivity contribution in [2.75, 3.05) is 103 Å². The summed E-state index contributed by atoms with van der Waals surface area (Å²) in [5.41, 5.74) is 2.68. The molecule has 3 aliphatic heterocycles. The van der Waals surface area contributed by atoms with Gasteiger partial charge in [-0.1, -0.05) is 30.7 Å². The Hall–Kier alpha value is -2.87. The summed E-state index contributed by atoms with van der Waals surface area (Å²) in [5.74, 6) is 1.56. The summed E-state index contributed by atoms with van der Waals surface area (Å²) in [6.45, 7) is 14.2. The van der Waals surface area contributed by atoms with Gasteiger partial charge in [-0.25, -0.2) is 9.97 Å². The number of piperidine rings is 1. The lowest BCUT2D eigenvalue weighted by molar-refractivity contribution is -0.133. The Bertz CT molecular complexity index is 1360. The summed E-state index contributed by atoms with van der Waals surface area (Å²) in [5, 5.41) is 21.0. The molecule has 3 saturated heterocycles. The Balaban J connectivity index is 0.945. The second-order valence-corrected chi connectivity index (χ2v) is 14.3. The molecule has 12 nitrogen and oxygen atoms in total. The lowest BCUT2D eigenvalue weighted by Gasteiger charge is -2.38. The van der Waals surface area contributed by atoms with Gasteiger partial charge in [-0.05, 0) is 61.9 Å². The Kier molecular flexibility index (Phi) is 12.2.